The number of anilines is 1. The van der Waals surface area contributed by atoms with Crippen molar-refractivity contribution in [2.75, 3.05) is 4.90 Å². The molecule has 0 bridgehead atoms. The van der Waals surface area contributed by atoms with E-state index in [1.165, 1.54) is 30.5 Å². The number of hydrogen-bond donors (Lipinski definition) is 1. The fraction of sp³-hybridized carbons (Fsp3) is 0.222. The van der Waals surface area contributed by atoms with E-state index in [1.54, 1.807) is 12.1 Å². The van der Waals surface area contributed by atoms with E-state index in [0.717, 1.165) is 16.7 Å². The summed E-state index contributed by atoms with van der Waals surface area (Å²) in [7, 11) is 0. The van der Waals surface area contributed by atoms with Gasteiger partial charge in [-0.05, 0) is 36.4 Å². The quantitative estimate of drug-likeness (QED) is 0.821. The molecule has 4 atom stereocenters. The summed E-state index contributed by atoms with van der Waals surface area (Å²) < 4.78 is 18.6. The average molecular weight is 369 g/mol. The Morgan fingerprint density at radius 3 is 2.50 bits per heavy atom. The van der Waals surface area contributed by atoms with Gasteiger partial charge in [0.05, 0.1) is 34.9 Å². The van der Waals surface area contributed by atoms with Crippen molar-refractivity contribution in [2.24, 2.45) is 11.8 Å². The van der Waals surface area contributed by atoms with E-state index in [9.17, 15) is 19.2 Å². The second kappa shape index (κ2) is 6.11. The summed E-state index contributed by atoms with van der Waals surface area (Å²) in [5, 5.41) is 16.9. The molecule has 2 amide bonds. The maximum absolute atomic E-state index is 13.2. The predicted octanol–water partition coefficient (Wildman–Crippen LogP) is 2.92. The highest BCUT2D eigenvalue weighted by atomic mass is 32.2. The number of carbonyl (C=O) groups excluding carboxylic acids is 2. The number of carbonyl (C=O) groups is 2. The first kappa shape index (κ1) is 16.5. The number of thioether (sulfide) groups is 1. The Morgan fingerprint density at radius 1 is 1.15 bits per heavy atom. The second-order valence-corrected chi connectivity index (χ2v) is 7.25. The van der Waals surface area contributed by atoms with Crippen LogP contribution in [0.25, 0.3) is 0 Å². The zero-order chi connectivity index (χ0) is 18.4. The van der Waals surface area contributed by atoms with Gasteiger partial charge in [0, 0.05) is 0 Å². The normalized spacial score (nSPS) is 28.2. The second-order valence-electron chi connectivity index (χ2n) is 6.06. The Bertz CT molecular complexity index is 936. The molecule has 1 aromatic carbocycles. The van der Waals surface area contributed by atoms with Gasteiger partial charge in [0.1, 0.15) is 22.7 Å². The fourth-order valence-corrected chi connectivity index (χ4v) is 4.78. The third-order valence-electron chi connectivity index (χ3n) is 4.67. The van der Waals surface area contributed by atoms with Crippen LogP contribution >= 0.6 is 11.8 Å². The fourth-order valence-electron chi connectivity index (χ4n) is 3.52. The molecule has 1 N–H and O–H groups in total. The van der Waals surface area contributed by atoms with Gasteiger partial charge in [-0.2, -0.15) is 5.26 Å². The van der Waals surface area contributed by atoms with Crippen LogP contribution in [0.3, 0.4) is 0 Å². The zero-order valence-electron chi connectivity index (χ0n) is 13.3. The van der Waals surface area contributed by atoms with Crippen LogP contribution in [-0.2, 0) is 9.59 Å². The number of halogens is 1. The van der Waals surface area contributed by atoms with E-state index >= 15 is 0 Å². The molecule has 26 heavy (non-hydrogen) atoms. The summed E-state index contributed by atoms with van der Waals surface area (Å²) >= 11 is 0.937. The van der Waals surface area contributed by atoms with Crippen molar-refractivity contribution in [1.82, 2.24) is 0 Å². The number of rotatable bonds is 2. The Hall–Kier alpha value is -2.92. The van der Waals surface area contributed by atoms with Crippen LogP contribution in [0, 0.1) is 34.4 Å². The highest BCUT2D eigenvalue weighted by Crippen LogP contribution is 2.50. The molecule has 2 aliphatic heterocycles. The van der Waals surface area contributed by atoms with Crippen molar-refractivity contribution in [2.45, 2.75) is 11.2 Å². The van der Waals surface area contributed by atoms with E-state index in [2.05, 4.69) is 6.07 Å². The van der Waals surface area contributed by atoms with E-state index in [4.69, 9.17) is 9.83 Å². The molecule has 0 aliphatic carbocycles. The van der Waals surface area contributed by atoms with Gasteiger partial charge in [0.15, 0.2) is 0 Å². The summed E-state index contributed by atoms with van der Waals surface area (Å²) in [6.07, 6.45) is 1.43. The number of amides is 2. The summed E-state index contributed by atoms with van der Waals surface area (Å²) in [5.41, 5.74) is 0.273. The first-order valence-electron chi connectivity index (χ1n) is 7.84. The van der Waals surface area contributed by atoms with Crippen LogP contribution in [0.15, 0.2) is 47.1 Å². The summed E-state index contributed by atoms with van der Waals surface area (Å²) in [6, 6.07) is 10.4. The highest BCUT2D eigenvalue weighted by molar-refractivity contribution is 8.15. The number of nitrogens with zero attached hydrogens (tertiary/aromatic N) is 2. The lowest BCUT2D eigenvalue weighted by molar-refractivity contribution is -0.122. The highest BCUT2D eigenvalue weighted by Gasteiger charge is 2.59. The third-order valence-corrected chi connectivity index (χ3v) is 5.93. The van der Waals surface area contributed by atoms with Crippen LogP contribution < -0.4 is 4.90 Å². The van der Waals surface area contributed by atoms with Gasteiger partial charge >= 0.3 is 0 Å². The lowest BCUT2D eigenvalue weighted by Gasteiger charge is -2.32. The van der Waals surface area contributed by atoms with E-state index in [1.807, 2.05) is 0 Å². The monoisotopic (exact) mass is 369 g/mol. The zero-order valence-corrected chi connectivity index (χ0v) is 14.1. The number of nitrogens with one attached hydrogen (secondary N) is 1. The van der Waals surface area contributed by atoms with Crippen LogP contribution in [0.1, 0.15) is 11.7 Å². The van der Waals surface area contributed by atoms with Gasteiger partial charge in [-0.25, -0.2) is 9.29 Å². The molecular weight excluding hydrogens is 357 g/mol. The molecule has 6 nitrogen and oxygen atoms in total. The number of hydrogen-bond acceptors (Lipinski definition) is 6. The minimum atomic E-state index is -0.864. The molecule has 2 saturated heterocycles. The molecule has 1 unspecified atom stereocenters. The van der Waals surface area contributed by atoms with E-state index in [-0.39, 0.29) is 10.7 Å². The Kier molecular flexibility index (Phi) is 3.89. The number of imide groups is 1. The van der Waals surface area contributed by atoms with Gasteiger partial charge in [0.2, 0.25) is 11.8 Å². The minimum Gasteiger partial charge on any atom is -0.469 e. The summed E-state index contributed by atoms with van der Waals surface area (Å²) in [6.45, 7) is 0. The number of furan rings is 1. The molecule has 2 aromatic rings. The SMILES string of the molecule is N#CC1C(=N)S[C@@H]2C(=O)N(c3ccc(F)cc3)C(=O)[C@H]2[C@@H]1c1ccco1. The van der Waals surface area contributed by atoms with Crippen molar-refractivity contribution in [1.29, 1.82) is 10.7 Å². The molecule has 130 valence electrons. The smallest absolute Gasteiger partial charge is 0.248 e. The Balaban J connectivity index is 1.80. The van der Waals surface area contributed by atoms with Crippen LogP contribution in [-0.4, -0.2) is 22.1 Å². The number of benzene rings is 1. The first-order valence-corrected chi connectivity index (χ1v) is 8.72. The first-order chi connectivity index (χ1) is 12.5. The van der Waals surface area contributed by atoms with Crippen LogP contribution in [0.5, 0.6) is 0 Å². The third kappa shape index (κ3) is 2.35. The molecular formula is C18H12FN3O3S. The van der Waals surface area contributed by atoms with Crippen LogP contribution in [0.2, 0.25) is 0 Å². The molecule has 1 aromatic heterocycles. The molecule has 2 aliphatic rings. The molecule has 0 spiro atoms. The topological polar surface area (TPSA) is 98.2 Å². The standard InChI is InChI=1S/C18H12FN3O3S/c19-9-3-5-10(6-4-9)22-17(23)14-13(12-2-1-7-25-12)11(8-20)16(21)26-15(14)18(22)24/h1-7,11,13-15,21H/t11?,13-,14-,15-/m0/s1. The van der Waals surface area contributed by atoms with Crippen molar-refractivity contribution >= 4 is 34.3 Å². The molecule has 4 rings (SSSR count). The summed E-state index contributed by atoms with van der Waals surface area (Å²) in [4.78, 5) is 27.0. The maximum Gasteiger partial charge on any atom is 0.248 e. The largest absolute Gasteiger partial charge is 0.469 e. The van der Waals surface area contributed by atoms with Gasteiger partial charge < -0.3 is 4.42 Å². The predicted molar refractivity (Wildman–Crippen MR) is 92.0 cm³/mol. The van der Waals surface area contributed by atoms with E-state index in [0.29, 0.717) is 5.76 Å². The van der Waals surface area contributed by atoms with Gasteiger partial charge in [-0.15, -0.1) is 0 Å². The molecule has 8 heteroatoms. The van der Waals surface area contributed by atoms with Crippen molar-refractivity contribution < 1.29 is 18.4 Å². The minimum absolute atomic E-state index is 0.0391. The summed E-state index contributed by atoms with van der Waals surface area (Å²) in [5.74, 6) is -3.39. The van der Waals surface area contributed by atoms with Crippen molar-refractivity contribution in [3.63, 3.8) is 0 Å². The maximum atomic E-state index is 13.2. The lowest BCUT2D eigenvalue weighted by atomic mass is 9.79. The van der Waals surface area contributed by atoms with Gasteiger partial charge in [0.25, 0.3) is 0 Å². The number of fused-ring (bicyclic) bond motifs is 1. The van der Waals surface area contributed by atoms with Crippen LogP contribution in [0.4, 0.5) is 10.1 Å². The Labute approximate surface area is 152 Å². The molecule has 3 heterocycles. The lowest BCUT2D eigenvalue weighted by Crippen LogP contribution is -2.39. The van der Waals surface area contributed by atoms with Gasteiger partial charge in [-0.1, -0.05) is 11.8 Å². The van der Waals surface area contributed by atoms with Gasteiger partial charge in [-0.3, -0.25) is 15.0 Å². The van der Waals surface area contributed by atoms with Crippen molar-refractivity contribution in [3.8, 4) is 6.07 Å². The molecule has 2 fully saturated rings. The number of nitriles is 1. The molecule has 0 saturated carbocycles. The van der Waals surface area contributed by atoms with Crippen molar-refractivity contribution in [3.05, 3.63) is 54.2 Å². The average Bonchev–Trinajstić information content (AvgIpc) is 3.23. The van der Waals surface area contributed by atoms with E-state index < -0.39 is 40.6 Å². The molecule has 0 radical (unpaired) electrons. The Morgan fingerprint density at radius 2 is 1.88 bits per heavy atom.